The van der Waals surface area contributed by atoms with Crippen molar-refractivity contribution in [2.24, 2.45) is 0 Å². The standard InChI is InChI=1S/C16H15ClFNO2/c17-13-5-4-12(15(18)9-13)10-21-16(20)8-3-11-1-6-14(19)7-2-11/h1-2,4-7,9H,3,8,10,19H2. The first-order valence-electron chi connectivity index (χ1n) is 6.48. The van der Waals surface area contributed by atoms with Gasteiger partial charge in [0.25, 0.3) is 0 Å². The van der Waals surface area contributed by atoms with Crippen LogP contribution in [0.2, 0.25) is 5.02 Å². The van der Waals surface area contributed by atoms with Gasteiger partial charge in [0.2, 0.25) is 0 Å². The highest BCUT2D eigenvalue weighted by molar-refractivity contribution is 6.30. The van der Waals surface area contributed by atoms with Gasteiger partial charge in [-0.15, -0.1) is 0 Å². The maximum atomic E-state index is 13.5. The summed E-state index contributed by atoms with van der Waals surface area (Å²) < 4.78 is 18.5. The SMILES string of the molecule is Nc1ccc(CCC(=O)OCc2ccc(Cl)cc2F)cc1. The number of nitrogen functional groups attached to an aromatic ring is 1. The quantitative estimate of drug-likeness (QED) is 0.676. The zero-order chi connectivity index (χ0) is 15.2. The molecule has 2 aromatic carbocycles. The Morgan fingerprint density at radius 1 is 1.19 bits per heavy atom. The minimum atomic E-state index is -0.478. The molecule has 21 heavy (non-hydrogen) atoms. The predicted octanol–water partition coefficient (Wildman–Crippen LogP) is 3.74. The van der Waals surface area contributed by atoms with Gasteiger partial charge in [0.05, 0.1) is 0 Å². The minimum Gasteiger partial charge on any atom is -0.461 e. The Balaban J connectivity index is 1.80. The molecule has 0 saturated carbocycles. The molecule has 0 saturated heterocycles. The Morgan fingerprint density at radius 2 is 1.90 bits per heavy atom. The van der Waals surface area contributed by atoms with Crippen LogP contribution in [0.25, 0.3) is 0 Å². The largest absolute Gasteiger partial charge is 0.461 e. The lowest BCUT2D eigenvalue weighted by Gasteiger charge is -2.06. The zero-order valence-electron chi connectivity index (χ0n) is 11.3. The maximum Gasteiger partial charge on any atom is 0.306 e. The van der Waals surface area contributed by atoms with E-state index in [1.807, 2.05) is 12.1 Å². The average Bonchev–Trinajstić information content (AvgIpc) is 2.46. The first-order valence-corrected chi connectivity index (χ1v) is 6.86. The maximum absolute atomic E-state index is 13.5. The van der Waals surface area contributed by atoms with Crippen molar-refractivity contribution in [2.45, 2.75) is 19.4 Å². The molecule has 0 fully saturated rings. The van der Waals surface area contributed by atoms with E-state index in [9.17, 15) is 9.18 Å². The number of carbonyl (C=O) groups excluding carboxylic acids is 1. The number of halogens is 2. The first-order chi connectivity index (χ1) is 10.0. The summed E-state index contributed by atoms with van der Waals surface area (Å²) in [7, 11) is 0. The van der Waals surface area contributed by atoms with Gasteiger partial charge >= 0.3 is 5.97 Å². The van der Waals surface area contributed by atoms with Crippen molar-refractivity contribution in [1.82, 2.24) is 0 Å². The van der Waals surface area contributed by atoms with E-state index >= 15 is 0 Å². The molecule has 0 spiro atoms. The molecule has 2 aromatic rings. The van der Waals surface area contributed by atoms with Gasteiger partial charge in [-0.05, 0) is 36.2 Å². The average molecular weight is 308 g/mol. The molecular weight excluding hydrogens is 293 g/mol. The van der Waals surface area contributed by atoms with E-state index in [1.165, 1.54) is 12.1 Å². The van der Waals surface area contributed by atoms with Gasteiger partial charge in [0, 0.05) is 22.7 Å². The van der Waals surface area contributed by atoms with Gasteiger partial charge in [-0.2, -0.15) is 0 Å². The number of esters is 1. The van der Waals surface area contributed by atoms with Crippen LogP contribution in [-0.4, -0.2) is 5.97 Å². The smallest absolute Gasteiger partial charge is 0.306 e. The summed E-state index contributed by atoms with van der Waals surface area (Å²) in [4.78, 5) is 11.6. The molecule has 0 radical (unpaired) electrons. The fraction of sp³-hybridized carbons (Fsp3) is 0.188. The summed E-state index contributed by atoms with van der Waals surface area (Å²) in [5.74, 6) is -0.852. The highest BCUT2D eigenvalue weighted by atomic mass is 35.5. The fourth-order valence-corrected chi connectivity index (χ4v) is 1.96. The second kappa shape index (κ2) is 7.09. The molecule has 0 aliphatic carbocycles. The van der Waals surface area contributed by atoms with Gasteiger partial charge in [-0.25, -0.2) is 4.39 Å². The third-order valence-electron chi connectivity index (χ3n) is 3.00. The number of aryl methyl sites for hydroxylation is 1. The number of nitrogens with two attached hydrogens (primary N) is 1. The Bertz CT molecular complexity index is 629. The molecule has 0 amide bonds. The van der Waals surface area contributed by atoms with Crippen molar-refractivity contribution in [1.29, 1.82) is 0 Å². The van der Waals surface area contributed by atoms with Crippen molar-refractivity contribution >= 4 is 23.3 Å². The summed E-state index contributed by atoms with van der Waals surface area (Å²) in [6.45, 7) is -0.0937. The van der Waals surface area contributed by atoms with E-state index < -0.39 is 5.82 Å². The van der Waals surface area contributed by atoms with Gasteiger partial charge in [-0.1, -0.05) is 29.8 Å². The lowest BCUT2D eigenvalue weighted by atomic mass is 10.1. The molecule has 0 aliphatic heterocycles. The number of anilines is 1. The molecule has 0 bridgehead atoms. The van der Waals surface area contributed by atoms with Crippen LogP contribution in [0.3, 0.4) is 0 Å². The number of ether oxygens (including phenoxy) is 1. The summed E-state index contributed by atoms with van der Waals surface area (Å²) in [5.41, 5.74) is 7.57. The van der Waals surface area contributed by atoms with E-state index in [2.05, 4.69) is 0 Å². The van der Waals surface area contributed by atoms with Crippen LogP contribution in [0.5, 0.6) is 0 Å². The molecule has 0 heterocycles. The molecule has 0 atom stereocenters. The summed E-state index contributed by atoms with van der Waals surface area (Å²) in [6.07, 6.45) is 0.793. The molecule has 0 unspecified atom stereocenters. The highest BCUT2D eigenvalue weighted by Crippen LogP contribution is 2.16. The lowest BCUT2D eigenvalue weighted by molar-refractivity contribution is -0.144. The summed E-state index contributed by atoms with van der Waals surface area (Å²) in [6, 6.07) is 11.5. The molecule has 2 rings (SSSR count). The van der Waals surface area contributed by atoms with E-state index in [-0.39, 0.29) is 19.0 Å². The van der Waals surface area contributed by atoms with E-state index in [0.29, 0.717) is 22.7 Å². The van der Waals surface area contributed by atoms with Crippen LogP contribution in [0.15, 0.2) is 42.5 Å². The number of hydrogen-bond acceptors (Lipinski definition) is 3. The van der Waals surface area contributed by atoms with Crippen molar-refractivity contribution in [3.05, 3.63) is 64.4 Å². The van der Waals surface area contributed by atoms with Gasteiger partial charge < -0.3 is 10.5 Å². The van der Waals surface area contributed by atoms with E-state index in [4.69, 9.17) is 22.1 Å². The number of benzene rings is 2. The van der Waals surface area contributed by atoms with Crippen molar-refractivity contribution in [2.75, 3.05) is 5.73 Å². The minimum absolute atomic E-state index is 0.0937. The van der Waals surface area contributed by atoms with Crippen LogP contribution in [-0.2, 0) is 22.6 Å². The van der Waals surface area contributed by atoms with Crippen molar-refractivity contribution in [3.63, 3.8) is 0 Å². The van der Waals surface area contributed by atoms with Gasteiger partial charge in [0.15, 0.2) is 0 Å². The second-order valence-corrected chi connectivity index (χ2v) is 5.07. The van der Waals surface area contributed by atoms with E-state index in [0.717, 1.165) is 5.56 Å². The Morgan fingerprint density at radius 3 is 2.57 bits per heavy atom. The number of carbonyl (C=O) groups is 1. The molecule has 3 nitrogen and oxygen atoms in total. The monoisotopic (exact) mass is 307 g/mol. The molecule has 0 aliphatic rings. The lowest BCUT2D eigenvalue weighted by Crippen LogP contribution is -2.07. The summed E-state index contributed by atoms with van der Waals surface area (Å²) >= 11 is 5.65. The second-order valence-electron chi connectivity index (χ2n) is 4.64. The molecular formula is C16H15ClFNO2. The normalized spacial score (nSPS) is 10.4. The van der Waals surface area contributed by atoms with Crippen LogP contribution in [0.1, 0.15) is 17.5 Å². The molecule has 110 valence electrons. The van der Waals surface area contributed by atoms with Gasteiger partial charge in [-0.3, -0.25) is 4.79 Å². The third kappa shape index (κ3) is 4.76. The Kier molecular flexibility index (Phi) is 5.17. The fourth-order valence-electron chi connectivity index (χ4n) is 1.80. The van der Waals surface area contributed by atoms with Crippen LogP contribution < -0.4 is 5.73 Å². The predicted molar refractivity (Wildman–Crippen MR) is 80.4 cm³/mol. The molecule has 5 heteroatoms. The van der Waals surface area contributed by atoms with Crippen molar-refractivity contribution < 1.29 is 13.9 Å². The van der Waals surface area contributed by atoms with Gasteiger partial charge in [0.1, 0.15) is 12.4 Å². The third-order valence-corrected chi connectivity index (χ3v) is 3.24. The Labute approximate surface area is 127 Å². The zero-order valence-corrected chi connectivity index (χ0v) is 12.1. The highest BCUT2D eigenvalue weighted by Gasteiger charge is 2.08. The van der Waals surface area contributed by atoms with Crippen LogP contribution >= 0.6 is 11.6 Å². The number of hydrogen-bond donors (Lipinski definition) is 1. The van der Waals surface area contributed by atoms with E-state index in [1.54, 1.807) is 18.2 Å². The van der Waals surface area contributed by atoms with Crippen LogP contribution in [0.4, 0.5) is 10.1 Å². The topological polar surface area (TPSA) is 52.3 Å². The summed E-state index contributed by atoms with van der Waals surface area (Å²) in [5, 5.41) is 0.311. The molecule has 2 N–H and O–H groups in total. The Hall–Kier alpha value is -2.07. The first kappa shape index (κ1) is 15.3. The molecule has 0 aromatic heterocycles. The number of rotatable bonds is 5. The van der Waals surface area contributed by atoms with Crippen LogP contribution in [0, 0.1) is 5.82 Å². The van der Waals surface area contributed by atoms with Crippen molar-refractivity contribution in [3.8, 4) is 0 Å².